The highest BCUT2D eigenvalue weighted by Gasteiger charge is 2.19. The van der Waals surface area contributed by atoms with Crippen LogP contribution in [0.5, 0.6) is 0 Å². The van der Waals surface area contributed by atoms with E-state index in [0.717, 1.165) is 0 Å². The lowest BCUT2D eigenvalue weighted by Crippen LogP contribution is -2.36. The van der Waals surface area contributed by atoms with Gasteiger partial charge in [0, 0.05) is 13.3 Å². The van der Waals surface area contributed by atoms with Gasteiger partial charge in [-0.05, 0) is 19.9 Å². The summed E-state index contributed by atoms with van der Waals surface area (Å²) in [6.07, 6.45) is 1.32. The zero-order valence-electron chi connectivity index (χ0n) is 9.95. The third-order valence-electron chi connectivity index (χ3n) is 2.06. The predicted molar refractivity (Wildman–Crippen MR) is 65.8 cm³/mol. The van der Waals surface area contributed by atoms with Gasteiger partial charge >= 0.3 is 5.97 Å². The zero-order valence-corrected chi connectivity index (χ0v) is 10.7. The smallest absolute Gasteiger partial charge is 0.337 e. The number of nitrogens with one attached hydrogen (secondary N) is 1. The van der Waals surface area contributed by atoms with Gasteiger partial charge in [0.15, 0.2) is 0 Å². The average molecular weight is 259 g/mol. The van der Waals surface area contributed by atoms with Crippen LogP contribution in [0.15, 0.2) is 12.3 Å². The quantitative estimate of drug-likeness (QED) is 0.848. The molecule has 0 radical (unpaired) electrons. The van der Waals surface area contributed by atoms with Gasteiger partial charge in [0.1, 0.15) is 5.82 Å². The first-order valence-corrected chi connectivity index (χ1v) is 5.39. The van der Waals surface area contributed by atoms with Crippen molar-refractivity contribution in [3.8, 4) is 0 Å². The summed E-state index contributed by atoms with van der Waals surface area (Å²) < 4.78 is 5.05. The molecule has 0 unspecified atom stereocenters. The van der Waals surface area contributed by atoms with E-state index in [2.05, 4.69) is 10.3 Å². The van der Waals surface area contributed by atoms with Crippen molar-refractivity contribution in [3.63, 3.8) is 0 Å². The summed E-state index contributed by atoms with van der Waals surface area (Å²) in [6, 6.07) is 1.40. The number of carboxylic acids is 1. The van der Waals surface area contributed by atoms with E-state index in [-0.39, 0.29) is 16.1 Å². The maximum Gasteiger partial charge on any atom is 0.337 e. The Hall–Kier alpha value is -1.33. The fraction of sp³-hybridized carbons (Fsp3) is 0.455. The fourth-order valence-electron chi connectivity index (χ4n) is 1.41. The summed E-state index contributed by atoms with van der Waals surface area (Å²) in [7, 11) is 1.60. The molecular weight excluding hydrogens is 244 g/mol. The van der Waals surface area contributed by atoms with Gasteiger partial charge in [-0.15, -0.1) is 0 Å². The van der Waals surface area contributed by atoms with Crippen LogP contribution in [0.3, 0.4) is 0 Å². The summed E-state index contributed by atoms with van der Waals surface area (Å²) >= 11 is 5.73. The topological polar surface area (TPSA) is 71.5 Å². The minimum atomic E-state index is -1.08. The number of aromatic carboxylic acids is 1. The first-order valence-electron chi connectivity index (χ1n) is 5.02. The molecule has 0 aliphatic rings. The number of ether oxygens (including phenoxy) is 1. The number of hydrogen-bond donors (Lipinski definition) is 2. The number of pyridine rings is 1. The Bertz CT molecular complexity index is 421. The van der Waals surface area contributed by atoms with Gasteiger partial charge in [0.05, 0.1) is 22.7 Å². The minimum Gasteiger partial charge on any atom is -0.478 e. The van der Waals surface area contributed by atoms with Crippen molar-refractivity contribution in [2.45, 2.75) is 19.4 Å². The van der Waals surface area contributed by atoms with Crippen molar-refractivity contribution in [1.82, 2.24) is 4.98 Å². The fourth-order valence-corrected chi connectivity index (χ4v) is 1.60. The van der Waals surface area contributed by atoms with Crippen LogP contribution in [0.4, 0.5) is 5.82 Å². The molecule has 0 aromatic carbocycles. The lowest BCUT2D eigenvalue weighted by Gasteiger charge is -2.26. The molecule has 1 aromatic rings. The van der Waals surface area contributed by atoms with E-state index in [1.165, 1.54) is 12.3 Å². The van der Waals surface area contributed by atoms with Crippen molar-refractivity contribution in [2.24, 2.45) is 0 Å². The Morgan fingerprint density at radius 2 is 2.29 bits per heavy atom. The molecule has 0 aliphatic carbocycles. The van der Waals surface area contributed by atoms with Crippen LogP contribution in [0.1, 0.15) is 24.2 Å². The SMILES string of the molecule is COCC(C)(C)Nc1cc(C(=O)O)c(Cl)cn1. The number of rotatable bonds is 5. The Kier molecular flexibility index (Phi) is 4.31. The molecule has 0 fully saturated rings. The highest BCUT2D eigenvalue weighted by molar-refractivity contribution is 6.33. The third-order valence-corrected chi connectivity index (χ3v) is 2.36. The first kappa shape index (κ1) is 13.7. The summed E-state index contributed by atoms with van der Waals surface area (Å²) in [6.45, 7) is 4.32. The van der Waals surface area contributed by atoms with Crippen molar-refractivity contribution in [3.05, 3.63) is 22.8 Å². The van der Waals surface area contributed by atoms with E-state index < -0.39 is 5.97 Å². The number of anilines is 1. The molecule has 0 saturated carbocycles. The highest BCUT2D eigenvalue weighted by atomic mass is 35.5. The van der Waals surface area contributed by atoms with Crippen LogP contribution in [-0.4, -0.2) is 35.3 Å². The first-order chi connectivity index (χ1) is 7.85. The standard InChI is InChI=1S/C11H15ClN2O3/c1-11(2,6-17-3)14-9-4-7(10(15)16)8(12)5-13-9/h4-5H,6H2,1-3H3,(H,13,14)(H,15,16). The molecule has 5 nitrogen and oxygen atoms in total. The molecule has 0 amide bonds. The number of methoxy groups -OCH3 is 1. The lowest BCUT2D eigenvalue weighted by atomic mass is 10.1. The molecule has 0 spiro atoms. The molecule has 6 heteroatoms. The van der Waals surface area contributed by atoms with E-state index >= 15 is 0 Å². The largest absolute Gasteiger partial charge is 0.478 e. The van der Waals surface area contributed by atoms with Crippen LogP contribution in [-0.2, 0) is 4.74 Å². The third kappa shape index (κ3) is 3.87. The summed E-state index contributed by atoms with van der Waals surface area (Å²) in [4.78, 5) is 14.9. The summed E-state index contributed by atoms with van der Waals surface area (Å²) in [5.41, 5.74) is -0.317. The lowest BCUT2D eigenvalue weighted by molar-refractivity contribution is 0.0697. The number of carboxylic acid groups (broad SMARTS) is 1. The molecule has 0 bridgehead atoms. The van der Waals surface area contributed by atoms with Gasteiger partial charge < -0.3 is 15.2 Å². The molecule has 2 N–H and O–H groups in total. The van der Waals surface area contributed by atoms with Crippen molar-refractivity contribution >= 4 is 23.4 Å². The number of halogens is 1. The second kappa shape index (κ2) is 5.33. The highest BCUT2D eigenvalue weighted by Crippen LogP contribution is 2.20. The summed E-state index contributed by atoms with van der Waals surface area (Å²) in [5, 5.41) is 12.1. The Morgan fingerprint density at radius 3 is 2.82 bits per heavy atom. The van der Waals surface area contributed by atoms with E-state index in [1.807, 2.05) is 13.8 Å². The molecule has 1 aromatic heterocycles. The molecule has 17 heavy (non-hydrogen) atoms. The number of aromatic nitrogens is 1. The van der Waals surface area contributed by atoms with E-state index in [0.29, 0.717) is 12.4 Å². The monoisotopic (exact) mass is 258 g/mol. The minimum absolute atomic E-state index is 0.0254. The van der Waals surface area contributed by atoms with Crippen LogP contribution in [0, 0.1) is 0 Å². The number of hydrogen-bond acceptors (Lipinski definition) is 4. The molecule has 94 valence electrons. The van der Waals surface area contributed by atoms with Gasteiger partial charge in [0.25, 0.3) is 0 Å². The summed E-state index contributed by atoms with van der Waals surface area (Å²) in [5.74, 6) is -0.626. The van der Waals surface area contributed by atoms with Crippen molar-refractivity contribution in [1.29, 1.82) is 0 Å². The van der Waals surface area contributed by atoms with Gasteiger partial charge in [0.2, 0.25) is 0 Å². The van der Waals surface area contributed by atoms with E-state index in [1.54, 1.807) is 7.11 Å². The van der Waals surface area contributed by atoms with Crippen LogP contribution in [0.25, 0.3) is 0 Å². The van der Waals surface area contributed by atoms with Crippen molar-refractivity contribution < 1.29 is 14.6 Å². The van der Waals surface area contributed by atoms with Gasteiger partial charge in [-0.25, -0.2) is 9.78 Å². The maximum absolute atomic E-state index is 10.9. The van der Waals surface area contributed by atoms with Crippen LogP contribution in [0.2, 0.25) is 5.02 Å². The average Bonchev–Trinajstić information content (AvgIpc) is 2.20. The second-order valence-corrected chi connectivity index (χ2v) is 4.70. The predicted octanol–water partition coefficient (Wildman–Crippen LogP) is 2.27. The zero-order chi connectivity index (χ0) is 13.1. The molecule has 1 rings (SSSR count). The van der Waals surface area contributed by atoms with Gasteiger partial charge in [-0.2, -0.15) is 0 Å². The van der Waals surface area contributed by atoms with Crippen molar-refractivity contribution in [2.75, 3.05) is 19.0 Å². The van der Waals surface area contributed by atoms with E-state index in [4.69, 9.17) is 21.4 Å². The Labute approximate surface area is 105 Å². The maximum atomic E-state index is 10.9. The Balaban J connectivity index is 2.93. The van der Waals surface area contributed by atoms with E-state index in [9.17, 15) is 4.79 Å². The second-order valence-electron chi connectivity index (χ2n) is 4.30. The van der Waals surface area contributed by atoms with Crippen LogP contribution >= 0.6 is 11.6 Å². The molecule has 0 saturated heterocycles. The molecule has 1 heterocycles. The molecular formula is C11H15ClN2O3. The molecule has 0 aliphatic heterocycles. The number of carbonyl (C=O) groups is 1. The Morgan fingerprint density at radius 1 is 1.65 bits per heavy atom. The molecule has 0 atom stereocenters. The normalized spacial score (nSPS) is 11.3. The number of nitrogens with zero attached hydrogens (tertiary/aromatic N) is 1. The van der Waals surface area contributed by atoms with Crippen LogP contribution < -0.4 is 5.32 Å². The van der Waals surface area contributed by atoms with Gasteiger partial charge in [-0.1, -0.05) is 11.6 Å². The van der Waals surface area contributed by atoms with Gasteiger partial charge in [-0.3, -0.25) is 0 Å².